The zero-order chi connectivity index (χ0) is 51.7. The van der Waals surface area contributed by atoms with Gasteiger partial charge >= 0.3 is 0 Å². The van der Waals surface area contributed by atoms with Gasteiger partial charge in [-0.15, -0.1) is 0 Å². The molecule has 2 rings (SSSR count). The summed E-state index contributed by atoms with van der Waals surface area (Å²) < 4.78 is 22.8. The van der Waals surface area contributed by atoms with Crippen LogP contribution in [0.25, 0.3) is 0 Å². The predicted octanol–water partition coefficient (Wildman–Crippen LogP) is 8.83. The Morgan fingerprint density at radius 3 is 1.49 bits per heavy atom. The number of carbonyl (C=O) groups excluding carboxylic acids is 1. The molecule has 12 unspecified atom stereocenters. The average molecular weight is 1010 g/mol. The fourth-order valence-corrected chi connectivity index (χ4v) is 9.23. The summed E-state index contributed by atoms with van der Waals surface area (Å²) in [4.78, 5) is 13.2. The monoisotopic (exact) mass is 1010 g/mol. The van der Waals surface area contributed by atoms with Crippen LogP contribution < -0.4 is 5.32 Å². The second-order valence-corrected chi connectivity index (χ2v) is 20.0. The molecule has 0 bridgehead atoms. The Kier molecular flexibility index (Phi) is 39.6. The second-order valence-electron chi connectivity index (χ2n) is 20.0. The highest BCUT2D eigenvalue weighted by Crippen LogP contribution is 2.30. The smallest absolute Gasteiger partial charge is 0.220 e. The Morgan fingerprint density at radius 1 is 0.521 bits per heavy atom. The molecule has 414 valence electrons. The highest BCUT2D eigenvalue weighted by molar-refractivity contribution is 5.76. The number of amides is 1. The lowest BCUT2D eigenvalue weighted by Gasteiger charge is -2.46. The summed E-state index contributed by atoms with van der Waals surface area (Å²) in [7, 11) is 0. The molecule has 0 spiro atoms. The van der Waals surface area contributed by atoms with Crippen LogP contribution in [-0.2, 0) is 23.7 Å². The van der Waals surface area contributed by atoms with Gasteiger partial charge in [0, 0.05) is 6.42 Å². The number of nitrogens with one attached hydrogen (secondary N) is 1. The van der Waals surface area contributed by atoms with E-state index in [4.69, 9.17) is 18.9 Å². The lowest BCUT2D eigenvalue weighted by molar-refractivity contribution is -0.359. The van der Waals surface area contributed by atoms with Crippen molar-refractivity contribution in [3.05, 3.63) is 48.6 Å². The van der Waals surface area contributed by atoms with Crippen LogP contribution in [-0.4, -0.2) is 140 Å². The van der Waals surface area contributed by atoms with E-state index in [1.807, 2.05) is 0 Å². The number of aliphatic hydroxyl groups is 8. The maximum Gasteiger partial charge on any atom is 0.220 e. The third kappa shape index (κ3) is 29.6. The van der Waals surface area contributed by atoms with Crippen molar-refractivity contribution in [1.82, 2.24) is 5.32 Å². The van der Waals surface area contributed by atoms with Gasteiger partial charge in [0.1, 0.15) is 48.8 Å². The molecule has 2 aliphatic rings. The van der Waals surface area contributed by atoms with Gasteiger partial charge in [0.05, 0.1) is 32.0 Å². The summed E-state index contributed by atoms with van der Waals surface area (Å²) >= 11 is 0. The first-order valence-electron chi connectivity index (χ1n) is 28.4. The van der Waals surface area contributed by atoms with E-state index in [1.165, 1.54) is 109 Å². The third-order valence-electron chi connectivity index (χ3n) is 13.8. The van der Waals surface area contributed by atoms with Gasteiger partial charge in [0.25, 0.3) is 0 Å². The topological polar surface area (TPSA) is 228 Å². The standard InChI is InChI=1S/C57H103NO13/c1-3-5-7-9-11-13-15-16-17-18-19-20-21-22-23-24-25-26-27-28-29-30-31-33-35-37-39-41-49(62)58-45(46(61)40-38-36-34-32-14-12-10-8-6-4-2)44-68-56-54(67)52(65)55(48(43-60)70-56)71-57-53(66)51(64)50(63)47(42-59)69-57/h5,7,11,13,16-17,19-20,45-48,50-57,59-61,63-67H,3-4,6,8-10,12,14-15,18,21-44H2,1-2H3,(H,58,62)/b7-5-,13-11-,17-16-,20-19-. The SMILES string of the molecule is CC/C=C\C/C=C\C/C=C\C/C=C\CCCCCCCCCCCCCCCCC(=O)NC(COC1OC(CO)C(OC2OC(CO)C(O)C(O)C2O)C(O)C1O)C(O)CCCCCCCCCCCC. The number of hydrogen-bond donors (Lipinski definition) is 9. The minimum absolute atomic E-state index is 0.210. The molecule has 2 fully saturated rings. The highest BCUT2D eigenvalue weighted by atomic mass is 16.7. The number of rotatable bonds is 44. The first kappa shape index (κ1) is 65.1. The molecule has 2 aliphatic heterocycles. The normalized spacial score (nSPS) is 26.1. The minimum Gasteiger partial charge on any atom is -0.394 e. The van der Waals surface area contributed by atoms with E-state index in [-0.39, 0.29) is 12.5 Å². The Labute approximate surface area is 429 Å². The molecule has 0 saturated carbocycles. The Hall–Kier alpha value is -2.05. The van der Waals surface area contributed by atoms with Crippen molar-refractivity contribution >= 4 is 5.91 Å². The molecule has 14 heteroatoms. The summed E-state index contributed by atoms with van der Waals surface area (Å²) in [6.45, 7) is 2.72. The average Bonchev–Trinajstić information content (AvgIpc) is 3.37. The van der Waals surface area contributed by atoms with Crippen LogP contribution in [0.1, 0.15) is 213 Å². The molecule has 2 saturated heterocycles. The molecule has 71 heavy (non-hydrogen) atoms. The van der Waals surface area contributed by atoms with Crippen LogP contribution >= 0.6 is 0 Å². The summed E-state index contributed by atoms with van der Waals surface area (Å²) in [5.74, 6) is -0.210. The van der Waals surface area contributed by atoms with Crippen LogP contribution in [0.4, 0.5) is 0 Å². The zero-order valence-corrected chi connectivity index (χ0v) is 44.2. The van der Waals surface area contributed by atoms with Crippen molar-refractivity contribution in [3.63, 3.8) is 0 Å². The van der Waals surface area contributed by atoms with Gasteiger partial charge in [-0.1, -0.05) is 204 Å². The van der Waals surface area contributed by atoms with E-state index in [0.717, 1.165) is 77.0 Å². The Bertz CT molecular complexity index is 1380. The van der Waals surface area contributed by atoms with Gasteiger partial charge in [-0.3, -0.25) is 4.79 Å². The van der Waals surface area contributed by atoms with Crippen molar-refractivity contribution in [2.45, 2.75) is 286 Å². The molecule has 0 radical (unpaired) electrons. The molecule has 2 heterocycles. The first-order chi connectivity index (χ1) is 34.6. The Balaban J connectivity index is 1.68. The van der Waals surface area contributed by atoms with Gasteiger partial charge in [-0.2, -0.15) is 0 Å². The molecular weight excluding hydrogens is 907 g/mol. The van der Waals surface area contributed by atoms with E-state index >= 15 is 0 Å². The molecule has 0 aromatic rings. The lowest BCUT2D eigenvalue weighted by atomic mass is 9.97. The van der Waals surface area contributed by atoms with Crippen molar-refractivity contribution in [2.24, 2.45) is 0 Å². The van der Waals surface area contributed by atoms with Gasteiger partial charge in [-0.05, 0) is 51.4 Å². The molecule has 0 aromatic heterocycles. The number of carbonyl (C=O) groups is 1. The number of aliphatic hydroxyl groups excluding tert-OH is 8. The fraction of sp³-hybridized carbons (Fsp3) is 0.842. The fourth-order valence-electron chi connectivity index (χ4n) is 9.23. The van der Waals surface area contributed by atoms with Crippen LogP contribution in [0.15, 0.2) is 48.6 Å². The van der Waals surface area contributed by atoms with E-state index < -0.39 is 86.8 Å². The first-order valence-corrected chi connectivity index (χ1v) is 28.4. The van der Waals surface area contributed by atoms with Crippen LogP contribution in [0.2, 0.25) is 0 Å². The summed E-state index contributed by atoms with van der Waals surface area (Å²) in [5.41, 5.74) is 0. The van der Waals surface area contributed by atoms with Gasteiger partial charge in [0.15, 0.2) is 12.6 Å². The van der Waals surface area contributed by atoms with E-state index in [0.29, 0.717) is 12.8 Å². The minimum atomic E-state index is -1.78. The molecular formula is C57H103NO13. The van der Waals surface area contributed by atoms with Gasteiger partial charge < -0.3 is 65.1 Å². The van der Waals surface area contributed by atoms with E-state index in [1.54, 1.807) is 0 Å². The largest absolute Gasteiger partial charge is 0.394 e. The molecule has 0 aliphatic carbocycles. The molecule has 9 N–H and O–H groups in total. The molecule has 0 aromatic carbocycles. The second kappa shape index (κ2) is 43.2. The molecule has 12 atom stereocenters. The lowest BCUT2D eigenvalue weighted by Crippen LogP contribution is -2.65. The summed E-state index contributed by atoms with van der Waals surface area (Å²) in [5, 5.41) is 86.9. The quantitative estimate of drug-likeness (QED) is 0.0206. The highest BCUT2D eigenvalue weighted by Gasteiger charge is 2.51. The van der Waals surface area contributed by atoms with Gasteiger partial charge in [0.2, 0.25) is 5.91 Å². The zero-order valence-electron chi connectivity index (χ0n) is 44.2. The van der Waals surface area contributed by atoms with Crippen molar-refractivity contribution in [3.8, 4) is 0 Å². The van der Waals surface area contributed by atoms with Gasteiger partial charge in [-0.25, -0.2) is 0 Å². The van der Waals surface area contributed by atoms with E-state index in [9.17, 15) is 45.6 Å². The number of unbranched alkanes of at least 4 members (excludes halogenated alkanes) is 23. The van der Waals surface area contributed by atoms with Crippen LogP contribution in [0.5, 0.6) is 0 Å². The Morgan fingerprint density at radius 2 is 0.972 bits per heavy atom. The summed E-state index contributed by atoms with van der Waals surface area (Å²) in [6, 6.07) is -0.828. The van der Waals surface area contributed by atoms with E-state index in [2.05, 4.69) is 67.8 Å². The van der Waals surface area contributed by atoms with Crippen molar-refractivity contribution < 1.29 is 64.6 Å². The predicted molar refractivity (Wildman–Crippen MR) is 281 cm³/mol. The molecule has 1 amide bonds. The third-order valence-corrected chi connectivity index (χ3v) is 13.8. The molecule has 14 nitrogen and oxygen atoms in total. The summed E-state index contributed by atoms with van der Waals surface area (Å²) in [6.07, 6.45) is 35.6. The number of ether oxygens (including phenoxy) is 4. The van der Waals surface area contributed by atoms with Crippen LogP contribution in [0.3, 0.4) is 0 Å². The van der Waals surface area contributed by atoms with Crippen molar-refractivity contribution in [1.29, 1.82) is 0 Å². The number of allylic oxidation sites excluding steroid dienone is 8. The van der Waals surface area contributed by atoms with Crippen molar-refractivity contribution in [2.75, 3.05) is 19.8 Å². The maximum atomic E-state index is 13.2. The van der Waals surface area contributed by atoms with Crippen LogP contribution in [0, 0.1) is 0 Å². The number of hydrogen-bond acceptors (Lipinski definition) is 13. The maximum absolute atomic E-state index is 13.2.